The number of β-amino-alcohol motifs (C(OH)–C–C–N with tert-alkyl or cyclic N) is 1. The number of likely N-dealkylation sites (tertiary alicyclic amines) is 1. The lowest BCUT2D eigenvalue weighted by Gasteiger charge is -2.35. The molecule has 0 spiro atoms. The van der Waals surface area contributed by atoms with E-state index in [0.29, 0.717) is 61.8 Å². The highest BCUT2D eigenvalue weighted by molar-refractivity contribution is 7.81. The molecule has 0 saturated carbocycles. The first-order valence-corrected chi connectivity index (χ1v) is 24.7. The molecule has 2 saturated heterocycles. The van der Waals surface area contributed by atoms with Crippen LogP contribution in [-0.2, 0) is 33.5 Å². The molecule has 3 aliphatic rings. The minimum absolute atomic E-state index is 0.00786. The molecular weight excluding hydrogens is 954 g/mol. The maximum atomic E-state index is 14.3. The van der Waals surface area contributed by atoms with E-state index in [0.717, 1.165) is 44.3 Å². The third kappa shape index (κ3) is 10.3. The summed E-state index contributed by atoms with van der Waals surface area (Å²) in [5, 5.41) is 10.8. The zero-order chi connectivity index (χ0) is 50.9. The van der Waals surface area contributed by atoms with Crippen molar-refractivity contribution in [1.29, 1.82) is 0 Å². The number of aliphatic hydroxyl groups is 1. The van der Waals surface area contributed by atoms with Gasteiger partial charge in [0.15, 0.2) is 16.6 Å². The fourth-order valence-electron chi connectivity index (χ4n) is 9.56. The molecule has 4 aromatic carbocycles. The predicted octanol–water partition coefficient (Wildman–Crippen LogP) is 9.99. The van der Waals surface area contributed by atoms with Crippen LogP contribution in [0.4, 0.5) is 30.2 Å². The summed E-state index contributed by atoms with van der Waals surface area (Å²) in [7, 11) is 0. The van der Waals surface area contributed by atoms with Crippen LogP contribution in [0.1, 0.15) is 86.1 Å². The molecule has 2 fully saturated rings. The van der Waals surface area contributed by atoms with E-state index in [1.54, 1.807) is 65.6 Å². The zero-order valence-electron chi connectivity index (χ0n) is 39.9. The number of hydrogen-bond acceptors (Lipinski definition) is 10. The first-order valence-electron chi connectivity index (χ1n) is 23.4. The molecule has 1 N–H and O–H groups in total. The summed E-state index contributed by atoms with van der Waals surface area (Å²) < 4.78 is 53.9. The van der Waals surface area contributed by atoms with Gasteiger partial charge >= 0.3 is 6.18 Å². The number of alkyl halides is 3. The lowest BCUT2D eigenvalue weighted by molar-refractivity contribution is -0.142. The Bertz CT molecular complexity index is 2920. The number of benzene rings is 4. The number of Topliss-reactive ketones (excluding diaryl/α,β-unsaturated/α-hetero) is 1. The van der Waals surface area contributed by atoms with Crippen LogP contribution >= 0.6 is 23.6 Å². The maximum absolute atomic E-state index is 14.3. The van der Waals surface area contributed by atoms with Gasteiger partial charge in [-0.2, -0.15) is 13.2 Å². The van der Waals surface area contributed by atoms with Crippen molar-refractivity contribution in [1.82, 2.24) is 14.8 Å². The number of carbonyl (C=O) groups is 4. The smallest absolute Gasteiger partial charge is 0.407 e. The molecule has 4 heterocycles. The standard InChI is InChI=1S/C53H53F3N6O7S2/c1-31(2)46(60-28-35-11-7-8-12-40(35)48(60)65)49(66)59-29-38(63)27-43(59)44(64)22-15-33-13-14-34(47-32(3)58-30-71-47)25-45(33)69-24-10-9-23-68-39-19-16-36(17-20-39)62-51(70)61(50(67)52(62,4)5)37-18-21-42(57-6)41(26-37)53(54,55)56/h7-8,11-14,16-21,25-26,30-31,38,43,46,63H,9-10,15,22-24,27-29H2,1-5H3/t38-,43?,46+/m1/s1. The van der Waals surface area contributed by atoms with E-state index in [-0.39, 0.29) is 53.7 Å². The Morgan fingerprint density at radius 2 is 1.69 bits per heavy atom. The van der Waals surface area contributed by atoms with Crippen LogP contribution in [0.25, 0.3) is 15.3 Å². The van der Waals surface area contributed by atoms with Crippen LogP contribution in [0.5, 0.6) is 11.5 Å². The number of anilines is 2. The number of aromatic nitrogens is 1. The first-order chi connectivity index (χ1) is 33.8. The second kappa shape index (κ2) is 20.6. The Morgan fingerprint density at radius 1 is 0.986 bits per heavy atom. The normalized spacial score (nSPS) is 18.1. The molecule has 1 aromatic heterocycles. The molecule has 3 amide bonds. The lowest BCUT2D eigenvalue weighted by Crippen LogP contribution is -2.54. The lowest BCUT2D eigenvalue weighted by atomic mass is 9.97. The van der Waals surface area contributed by atoms with Crippen LogP contribution in [0.3, 0.4) is 0 Å². The number of rotatable bonds is 17. The molecular formula is C53H53F3N6O7S2. The number of thiazole rings is 1. The van der Waals surface area contributed by atoms with Gasteiger partial charge in [0.2, 0.25) is 5.91 Å². The Balaban J connectivity index is 0.877. The summed E-state index contributed by atoms with van der Waals surface area (Å²) in [4.78, 5) is 69.6. The van der Waals surface area contributed by atoms with E-state index < -0.39 is 47.1 Å². The Labute approximate surface area is 419 Å². The molecule has 370 valence electrons. The van der Waals surface area contributed by atoms with Crippen molar-refractivity contribution in [2.75, 3.05) is 29.6 Å². The molecule has 71 heavy (non-hydrogen) atoms. The first kappa shape index (κ1) is 50.7. The fraction of sp³-hybridized carbons (Fsp3) is 0.377. The molecule has 3 aliphatic heterocycles. The average Bonchev–Trinajstić information content (AvgIpc) is 4.08. The number of nitrogens with zero attached hydrogens (tertiary/aromatic N) is 6. The van der Waals surface area contributed by atoms with E-state index in [4.69, 9.17) is 28.3 Å². The number of thiocarbonyl (C=S) groups is 1. The van der Waals surface area contributed by atoms with Crippen molar-refractivity contribution in [3.05, 3.63) is 130 Å². The Morgan fingerprint density at radius 3 is 2.35 bits per heavy atom. The number of fused-ring (bicyclic) bond motifs is 1. The number of halogens is 3. The fourth-order valence-corrected chi connectivity index (χ4v) is 10.9. The summed E-state index contributed by atoms with van der Waals surface area (Å²) >= 11 is 7.19. The van der Waals surface area contributed by atoms with Gasteiger partial charge in [0.05, 0.1) is 53.6 Å². The number of hydrogen-bond donors (Lipinski definition) is 1. The predicted molar refractivity (Wildman–Crippen MR) is 268 cm³/mol. The zero-order valence-corrected chi connectivity index (χ0v) is 41.5. The van der Waals surface area contributed by atoms with Gasteiger partial charge in [-0.05, 0) is 123 Å². The van der Waals surface area contributed by atoms with Crippen LogP contribution < -0.4 is 19.3 Å². The van der Waals surface area contributed by atoms with Crippen LogP contribution in [-0.4, -0.2) is 92.0 Å². The monoisotopic (exact) mass is 1010 g/mol. The highest BCUT2D eigenvalue weighted by Gasteiger charge is 2.51. The number of carbonyl (C=O) groups excluding carboxylic acids is 4. The van der Waals surface area contributed by atoms with Crippen molar-refractivity contribution in [3.8, 4) is 21.9 Å². The van der Waals surface area contributed by atoms with Gasteiger partial charge in [0.25, 0.3) is 11.8 Å². The molecule has 0 aliphatic carbocycles. The summed E-state index contributed by atoms with van der Waals surface area (Å²) in [6.07, 6.45) is -3.88. The number of aliphatic hydroxyl groups excluding tert-OH is 1. The third-order valence-electron chi connectivity index (χ3n) is 13.2. The molecule has 5 aromatic rings. The SMILES string of the molecule is [C-]#[N+]c1ccc(N2C(=O)C(C)(C)N(c3ccc(OCCCCOc4cc(-c5scnc5C)ccc4CCC(=O)C4C[C@@H](O)CN4C(=O)[C@H](C(C)C)N4Cc5ccccc5C4=O)cc3)C2=S)cc1C(F)(F)F. The van der Waals surface area contributed by atoms with E-state index in [1.807, 2.05) is 51.1 Å². The molecule has 3 atom stereocenters. The largest absolute Gasteiger partial charge is 0.494 e. The van der Waals surface area contributed by atoms with Crippen molar-refractivity contribution in [2.45, 2.75) is 103 Å². The molecule has 0 bridgehead atoms. The van der Waals surface area contributed by atoms with E-state index >= 15 is 0 Å². The summed E-state index contributed by atoms with van der Waals surface area (Å²) in [6.45, 7) is 17.1. The van der Waals surface area contributed by atoms with Crippen LogP contribution in [0.2, 0.25) is 0 Å². The molecule has 0 radical (unpaired) electrons. The van der Waals surface area contributed by atoms with Crippen molar-refractivity contribution in [2.24, 2.45) is 5.92 Å². The van der Waals surface area contributed by atoms with E-state index in [2.05, 4.69) is 9.83 Å². The molecule has 1 unspecified atom stereocenters. The van der Waals surface area contributed by atoms with Crippen molar-refractivity contribution >= 4 is 69.2 Å². The number of ether oxygens (including phenoxy) is 2. The maximum Gasteiger partial charge on any atom is 0.407 e. The highest BCUT2D eigenvalue weighted by atomic mass is 32.1. The van der Waals surface area contributed by atoms with Gasteiger partial charge in [0, 0.05) is 42.9 Å². The van der Waals surface area contributed by atoms with Gasteiger partial charge in [-0.15, -0.1) is 11.3 Å². The second-order valence-corrected chi connectivity index (χ2v) is 20.0. The van der Waals surface area contributed by atoms with Gasteiger partial charge in [-0.1, -0.05) is 50.2 Å². The summed E-state index contributed by atoms with van der Waals surface area (Å²) in [6, 6.07) is 21.5. The number of amides is 3. The minimum atomic E-state index is -4.80. The summed E-state index contributed by atoms with van der Waals surface area (Å²) in [5.41, 5.74) is 3.30. The molecule has 13 nitrogen and oxygen atoms in total. The van der Waals surface area contributed by atoms with Crippen LogP contribution in [0.15, 0.2) is 90.4 Å². The molecule has 18 heteroatoms. The quantitative estimate of drug-likeness (QED) is 0.0545. The minimum Gasteiger partial charge on any atom is -0.494 e. The number of ketones is 1. The summed E-state index contributed by atoms with van der Waals surface area (Å²) in [5.74, 6) is -0.334. The highest BCUT2D eigenvalue weighted by Crippen LogP contribution is 2.42. The van der Waals surface area contributed by atoms with E-state index in [9.17, 15) is 37.5 Å². The Kier molecular flexibility index (Phi) is 14.7. The average molecular weight is 1010 g/mol. The topological polar surface area (TPSA) is 137 Å². The van der Waals surface area contributed by atoms with E-state index in [1.165, 1.54) is 22.3 Å². The van der Waals surface area contributed by atoms with Gasteiger partial charge in [0.1, 0.15) is 23.1 Å². The van der Waals surface area contributed by atoms with Gasteiger partial charge in [-0.25, -0.2) is 9.83 Å². The van der Waals surface area contributed by atoms with Crippen molar-refractivity contribution in [3.63, 3.8) is 0 Å². The Hall–Kier alpha value is -6.68. The van der Waals surface area contributed by atoms with Gasteiger partial charge < -0.3 is 29.3 Å². The van der Waals surface area contributed by atoms with Crippen molar-refractivity contribution < 1.29 is 46.9 Å². The number of aryl methyl sites for hydroxylation is 2. The van der Waals surface area contributed by atoms with Crippen LogP contribution in [0, 0.1) is 19.4 Å². The van der Waals surface area contributed by atoms with Gasteiger partial charge in [-0.3, -0.25) is 24.1 Å². The number of unbranched alkanes of at least 4 members (excludes halogenated alkanes) is 1. The third-order valence-corrected chi connectivity index (χ3v) is 14.6. The second-order valence-electron chi connectivity index (χ2n) is 18.8. The molecule has 8 rings (SSSR count).